The molecule has 1 N–H and O–H groups in total. The van der Waals surface area contributed by atoms with E-state index in [4.69, 9.17) is 4.98 Å². The predicted molar refractivity (Wildman–Crippen MR) is 109 cm³/mol. The van der Waals surface area contributed by atoms with E-state index in [1.807, 2.05) is 18.2 Å². The normalized spacial score (nSPS) is 15.5. The Balaban J connectivity index is 1.39. The minimum atomic E-state index is 0.0629. The summed E-state index contributed by atoms with van der Waals surface area (Å²) in [4.78, 5) is 9.65. The van der Waals surface area contributed by atoms with Gasteiger partial charge in [-0.25, -0.2) is 0 Å². The maximum absolute atomic E-state index is 9.30. The lowest BCUT2D eigenvalue weighted by molar-refractivity contribution is 0.247. The van der Waals surface area contributed by atoms with E-state index in [1.165, 1.54) is 11.1 Å². The summed E-state index contributed by atoms with van der Waals surface area (Å²) in [5, 5.41) is 10.5. The molecule has 1 aromatic heterocycles. The molecule has 4 nitrogen and oxygen atoms in total. The molecule has 0 saturated carbocycles. The van der Waals surface area contributed by atoms with Crippen LogP contribution in [0.4, 0.5) is 5.69 Å². The minimum absolute atomic E-state index is 0.0629. The van der Waals surface area contributed by atoms with Gasteiger partial charge in [-0.1, -0.05) is 46.3 Å². The zero-order valence-corrected chi connectivity index (χ0v) is 16.2. The third-order valence-corrected chi connectivity index (χ3v) is 5.72. The molecular weight excluding hydrogens is 390 g/mol. The van der Waals surface area contributed by atoms with Crippen molar-refractivity contribution in [1.29, 1.82) is 0 Å². The highest BCUT2D eigenvalue weighted by molar-refractivity contribution is 9.10. The number of anilines is 1. The molecule has 1 saturated heterocycles. The van der Waals surface area contributed by atoms with Crippen molar-refractivity contribution in [2.75, 3.05) is 31.1 Å². The molecule has 0 amide bonds. The van der Waals surface area contributed by atoms with E-state index in [0.717, 1.165) is 54.0 Å². The average Bonchev–Trinajstić information content (AvgIpc) is 2.68. The van der Waals surface area contributed by atoms with E-state index in [0.29, 0.717) is 0 Å². The molecule has 1 fully saturated rings. The summed E-state index contributed by atoms with van der Waals surface area (Å²) < 4.78 is 0.972. The van der Waals surface area contributed by atoms with Crippen LogP contribution in [0.3, 0.4) is 0 Å². The van der Waals surface area contributed by atoms with Crippen molar-refractivity contribution in [3.8, 4) is 0 Å². The van der Waals surface area contributed by atoms with E-state index < -0.39 is 0 Å². The Hall–Kier alpha value is -1.95. The van der Waals surface area contributed by atoms with Crippen molar-refractivity contribution >= 4 is 32.5 Å². The largest absolute Gasteiger partial charge is 0.392 e. The van der Waals surface area contributed by atoms with Crippen LogP contribution < -0.4 is 4.90 Å². The number of piperazine rings is 1. The molecular formula is C21H22BrN3O. The SMILES string of the molecule is OCc1ccc(N2CCN(Cc3ccc4ccccc4n3)CC2)cc1Br. The third kappa shape index (κ3) is 3.75. The molecule has 26 heavy (non-hydrogen) atoms. The third-order valence-electron chi connectivity index (χ3n) is 4.99. The highest BCUT2D eigenvalue weighted by Gasteiger charge is 2.18. The lowest BCUT2D eigenvalue weighted by atomic mass is 10.1. The summed E-state index contributed by atoms with van der Waals surface area (Å²) in [7, 11) is 0. The van der Waals surface area contributed by atoms with Gasteiger partial charge >= 0.3 is 0 Å². The number of nitrogens with zero attached hydrogens (tertiary/aromatic N) is 3. The molecule has 2 heterocycles. The number of rotatable bonds is 4. The van der Waals surface area contributed by atoms with Crippen LogP contribution in [0.25, 0.3) is 10.9 Å². The predicted octanol–water partition coefficient (Wildman–Crippen LogP) is 3.81. The van der Waals surface area contributed by atoms with Gasteiger partial charge in [0.1, 0.15) is 0 Å². The van der Waals surface area contributed by atoms with Crippen LogP contribution in [0.15, 0.2) is 59.1 Å². The smallest absolute Gasteiger partial charge is 0.0705 e. The number of para-hydroxylation sites is 1. The monoisotopic (exact) mass is 411 g/mol. The molecule has 3 aromatic rings. The molecule has 0 unspecified atom stereocenters. The average molecular weight is 412 g/mol. The number of hydrogen-bond donors (Lipinski definition) is 1. The van der Waals surface area contributed by atoms with Crippen LogP contribution in [0.2, 0.25) is 0 Å². The van der Waals surface area contributed by atoms with Gasteiger partial charge in [0.15, 0.2) is 0 Å². The second-order valence-corrected chi connectivity index (χ2v) is 7.55. The fraction of sp³-hybridized carbons (Fsp3) is 0.286. The van der Waals surface area contributed by atoms with Gasteiger partial charge in [-0.3, -0.25) is 9.88 Å². The molecule has 4 rings (SSSR count). The second kappa shape index (κ2) is 7.74. The number of aliphatic hydroxyl groups excluding tert-OH is 1. The zero-order valence-electron chi connectivity index (χ0n) is 14.6. The molecule has 0 bridgehead atoms. The maximum Gasteiger partial charge on any atom is 0.0705 e. The Kier molecular flexibility index (Phi) is 5.20. The van der Waals surface area contributed by atoms with E-state index in [-0.39, 0.29) is 6.61 Å². The van der Waals surface area contributed by atoms with Crippen molar-refractivity contribution in [2.24, 2.45) is 0 Å². The summed E-state index contributed by atoms with van der Waals surface area (Å²) in [6.45, 7) is 5.00. The first-order chi connectivity index (χ1) is 12.7. The molecule has 134 valence electrons. The summed E-state index contributed by atoms with van der Waals surface area (Å²) in [5.41, 5.74) is 4.33. The van der Waals surface area contributed by atoms with Crippen LogP contribution in [-0.4, -0.2) is 41.2 Å². The Morgan fingerprint density at radius 3 is 2.54 bits per heavy atom. The summed E-state index contributed by atoms with van der Waals surface area (Å²) in [5.74, 6) is 0. The quantitative estimate of drug-likeness (QED) is 0.708. The first kappa shape index (κ1) is 17.5. The standard InChI is InChI=1S/C21H22BrN3O/c22-20-13-19(8-6-17(20)15-26)25-11-9-24(10-12-25)14-18-7-5-16-3-1-2-4-21(16)23-18/h1-8,13,26H,9-12,14-15H2. The van der Waals surface area contributed by atoms with Crippen LogP contribution in [0, 0.1) is 0 Å². The highest BCUT2D eigenvalue weighted by Crippen LogP contribution is 2.25. The Morgan fingerprint density at radius 1 is 0.962 bits per heavy atom. The van der Waals surface area contributed by atoms with Gasteiger partial charge < -0.3 is 10.0 Å². The number of pyridine rings is 1. The van der Waals surface area contributed by atoms with Crippen molar-refractivity contribution in [1.82, 2.24) is 9.88 Å². The van der Waals surface area contributed by atoms with E-state index in [1.54, 1.807) is 0 Å². The number of aromatic nitrogens is 1. The fourth-order valence-electron chi connectivity index (χ4n) is 3.45. The highest BCUT2D eigenvalue weighted by atomic mass is 79.9. The topological polar surface area (TPSA) is 39.6 Å². The first-order valence-corrected chi connectivity index (χ1v) is 9.73. The summed E-state index contributed by atoms with van der Waals surface area (Å²) in [6.07, 6.45) is 0. The number of hydrogen-bond acceptors (Lipinski definition) is 4. The molecule has 2 aromatic carbocycles. The van der Waals surface area contributed by atoms with Gasteiger partial charge in [-0.2, -0.15) is 0 Å². The van der Waals surface area contributed by atoms with Crippen LogP contribution in [0.5, 0.6) is 0 Å². The van der Waals surface area contributed by atoms with Gasteiger partial charge in [0.05, 0.1) is 17.8 Å². The van der Waals surface area contributed by atoms with Crippen molar-refractivity contribution in [3.05, 3.63) is 70.3 Å². The molecule has 0 aliphatic carbocycles. The molecule has 0 atom stereocenters. The Morgan fingerprint density at radius 2 is 1.77 bits per heavy atom. The van der Waals surface area contributed by atoms with Crippen LogP contribution >= 0.6 is 15.9 Å². The number of benzene rings is 2. The van der Waals surface area contributed by atoms with Gasteiger partial charge in [0, 0.05) is 48.3 Å². The maximum atomic E-state index is 9.30. The molecule has 1 aliphatic heterocycles. The van der Waals surface area contributed by atoms with E-state index in [2.05, 4.69) is 62.1 Å². The van der Waals surface area contributed by atoms with Crippen LogP contribution in [-0.2, 0) is 13.2 Å². The van der Waals surface area contributed by atoms with Gasteiger partial charge in [0.25, 0.3) is 0 Å². The molecule has 0 radical (unpaired) electrons. The molecule has 0 spiro atoms. The van der Waals surface area contributed by atoms with Crippen molar-refractivity contribution in [3.63, 3.8) is 0 Å². The van der Waals surface area contributed by atoms with Crippen LogP contribution in [0.1, 0.15) is 11.3 Å². The van der Waals surface area contributed by atoms with E-state index >= 15 is 0 Å². The number of halogens is 1. The fourth-order valence-corrected chi connectivity index (χ4v) is 3.94. The summed E-state index contributed by atoms with van der Waals surface area (Å²) >= 11 is 3.54. The van der Waals surface area contributed by atoms with Gasteiger partial charge in [-0.05, 0) is 29.8 Å². The minimum Gasteiger partial charge on any atom is -0.392 e. The Bertz CT molecular complexity index is 907. The van der Waals surface area contributed by atoms with Gasteiger partial charge in [0.2, 0.25) is 0 Å². The van der Waals surface area contributed by atoms with Crippen molar-refractivity contribution < 1.29 is 5.11 Å². The molecule has 1 aliphatic rings. The number of fused-ring (bicyclic) bond motifs is 1. The zero-order chi connectivity index (χ0) is 17.9. The first-order valence-electron chi connectivity index (χ1n) is 8.94. The Labute approximate surface area is 162 Å². The molecule has 5 heteroatoms. The van der Waals surface area contributed by atoms with E-state index in [9.17, 15) is 5.11 Å². The number of aliphatic hydroxyl groups is 1. The second-order valence-electron chi connectivity index (χ2n) is 6.69. The van der Waals surface area contributed by atoms with Gasteiger partial charge in [-0.15, -0.1) is 0 Å². The summed E-state index contributed by atoms with van der Waals surface area (Å²) in [6, 6.07) is 18.8. The lowest BCUT2D eigenvalue weighted by Crippen LogP contribution is -2.46. The lowest BCUT2D eigenvalue weighted by Gasteiger charge is -2.36. The van der Waals surface area contributed by atoms with Crippen molar-refractivity contribution in [2.45, 2.75) is 13.2 Å².